The van der Waals surface area contributed by atoms with Gasteiger partial charge in [0.1, 0.15) is 0 Å². The van der Waals surface area contributed by atoms with Crippen molar-refractivity contribution >= 4 is 54.3 Å². The van der Waals surface area contributed by atoms with Crippen molar-refractivity contribution in [2.24, 2.45) is 0 Å². The third kappa shape index (κ3) is 106. The molecule has 648 valence electrons. The number of hydrogen-bond donors (Lipinski definition) is 4. The zero-order valence-corrected chi connectivity index (χ0v) is 101. The summed E-state index contributed by atoms with van der Waals surface area (Å²) in [5.74, 6) is 0. The standard InChI is InChI=1S/4C12H28O4Si.2C12H27O4Si.2K.2H2O.2U/c6*1-10(2,3)14-17(13,15-11(4,5)6)16-12(7,8)9;;;;;;/h4*13H,1-9H3;2*1-9H3;;;2*1H2;;/q;;;;2*-1;2*+1;;;;. The second kappa shape index (κ2) is 50.0. The van der Waals surface area contributed by atoms with Gasteiger partial charge in [-0.25, -0.2) is 0 Å². The van der Waals surface area contributed by atoms with Crippen molar-refractivity contribution in [3.63, 3.8) is 0 Å². The van der Waals surface area contributed by atoms with E-state index in [9.17, 15) is 28.8 Å². The van der Waals surface area contributed by atoms with Crippen LogP contribution in [-0.4, -0.2) is 185 Å². The molecule has 0 aromatic carbocycles. The molecule has 0 unspecified atom stereocenters. The second-order valence-corrected chi connectivity index (χ2v) is 52.8. The van der Waals surface area contributed by atoms with Crippen LogP contribution in [-0.2, 0) is 79.7 Å². The molecule has 0 aromatic rings. The van der Waals surface area contributed by atoms with Crippen LogP contribution in [0.3, 0.4) is 0 Å². The average Bonchev–Trinajstić information content (AvgIpc) is 3.03. The molecule has 0 fully saturated rings. The van der Waals surface area contributed by atoms with E-state index in [1.807, 2.05) is 374 Å². The largest absolute Gasteiger partial charge is 1.00 e. The van der Waals surface area contributed by atoms with E-state index in [0.29, 0.717) is 0 Å². The zero-order chi connectivity index (χ0) is 84.7. The molecule has 0 atom stereocenters. The van der Waals surface area contributed by atoms with Crippen LogP contribution < -0.4 is 112 Å². The maximum Gasteiger partial charge on any atom is 1.00 e. The average molecular weight is 2170 g/mol. The smallest absolute Gasteiger partial charge is 0.793 e. The van der Waals surface area contributed by atoms with Crippen LogP contribution in [0.4, 0.5) is 0 Å². The molecule has 108 heavy (non-hydrogen) atoms. The molecule has 0 saturated heterocycles. The van der Waals surface area contributed by atoms with Gasteiger partial charge in [-0.3, -0.25) is 0 Å². The Morgan fingerprint density at radius 1 is 0.148 bits per heavy atom. The molecule has 0 aliphatic heterocycles. The predicted octanol–water partition coefficient (Wildman–Crippen LogP) is 8.25. The van der Waals surface area contributed by atoms with Gasteiger partial charge in [-0.2, -0.15) is 0 Å². The summed E-state index contributed by atoms with van der Waals surface area (Å²) < 4.78 is 101. The summed E-state index contributed by atoms with van der Waals surface area (Å²) in [5.41, 5.74) is -9.67. The first kappa shape index (κ1) is 140. The normalized spacial score (nSPS) is 14.3. The van der Waals surface area contributed by atoms with Crippen molar-refractivity contribution in [1.29, 1.82) is 0 Å². The van der Waals surface area contributed by atoms with Gasteiger partial charge in [0, 0.05) is 62.2 Å². The van der Waals surface area contributed by atoms with Crippen molar-refractivity contribution in [1.82, 2.24) is 0 Å². The van der Waals surface area contributed by atoms with Gasteiger partial charge in [0.15, 0.2) is 0 Å². The van der Waals surface area contributed by atoms with Crippen molar-refractivity contribution in [3.8, 4) is 0 Å². The molecule has 0 amide bonds. The van der Waals surface area contributed by atoms with Gasteiger partial charge in [-0.15, -0.1) is 0 Å². The van der Waals surface area contributed by atoms with E-state index in [0.717, 1.165) is 0 Å². The van der Waals surface area contributed by atoms with Gasteiger partial charge in [-0.05, 0) is 374 Å². The van der Waals surface area contributed by atoms with Crippen LogP contribution >= 0.6 is 0 Å². The monoisotopic (exact) mass is 2170 g/mol. The third-order valence-corrected chi connectivity index (χ3v) is 23.4. The summed E-state index contributed by atoms with van der Waals surface area (Å²) in [4.78, 5) is 67.2. The van der Waals surface area contributed by atoms with E-state index in [-0.39, 0.29) is 176 Å². The SMILES string of the molecule is CC(C)(C)O[Si](O)(OC(C)(C)C)OC(C)(C)C.CC(C)(C)O[Si](O)(OC(C)(C)C)OC(C)(C)C.CC(C)(C)O[Si](O)(OC(C)(C)C)OC(C)(C)C.CC(C)(C)O[Si](O)(OC(C)(C)C)OC(C)(C)C.CC(C)(C)O[Si]([O-])(OC(C)(C)C)OC(C)(C)C.CC(C)(C)O[Si]([O-])(OC(C)(C)C)OC(C)(C)C.O.O.[K+].[K+].[U].[U]. The molecule has 8 N–H and O–H groups in total. The van der Waals surface area contributed by atoms with E-state index < -0.39 is 155 Å². The topological polar surface area (TPSA) is 356 Å². The van der Waals surface area contributed by atoms with Gasteiger partial charge in [0.2, 0.25) is 0 Å². The molecule has 0 heterocycles. The van der Waals surface area contributed by atoms with Crippen LogP contribution in [0, 0.1) is 62.2 Å². The van der Waals surface area contributed by atoms with E-state index in [1.54, 1.807) is 0 Å². The van der Waals surface area contributed by atoms with Crippen molar-refractivity contribution in [3.05, 3.63) is 0 Å². The fourth-order valence-electron chi connectivity index (χ4n) is 7.27. The molecule has 0 aliphatic rings. The summed E-state index contributed by atoms with van der Waals surface area (Å²) in [6.45, 7) is 99.9. The third-order valence-electron chi connectivity index (χ3n) is 7.81. The molecular formula is C72H170K2O26Si6U2. The van der Waals surface area contributed by atoms with E-state index in [1.165, 1.54) is 0 Å². The molecule has 0 radical (unpaired) electrons. The maximum absolute atomic E-state index is 12.6. The first-order chi connectivity index (χ1) is 42.7. The Kier molecular flexibility index (Phi) is 64.6. The molecule has 26 nitrogen and oxygen atoms in total. The summed E-state index contributed by atoms with van der Waals surface area (Å²) >= 11 is 0. The molecule has 0 aliphatic carbocycles. The fraction of sp³-hybridized carbons (Fsp3) is 1.00. The number of rotatable bonds is 18. The number of hydrogen-bond acceptors (Lipinski definition) is 24. The minimum absolute atomic E-state index is 0. The van der Waals surface area contributed by atoms with Gasteiger partial charge in [0.25, 0.3) is 0 Å². The molecule has 0 rings (SSSR count). The summed E-state index contributed by atoms with van der Waals surface area (Å²) in [5, 5.41) is 0. The Morgan fingerprint density at radius 2 is 0.194 bits per heavy atom. The van der Waals surface area contributed by atoms with Crippen molar-refractivity contribution in [2.75, 3.05) is 0 Å². The summed E-state index contributed by atoms with van der Waals surface area (Å²) in [6.07, 6.45) is 0. The molecule has 36 heteroatoms. The Hall–Kier alpha value is 5.64. The Labute approximate surface area is 802 Å². The molecule has 0 aromatic heterocycles. The molecular weight excluding hydrogens is 2000 g/mol. The Morgan fingerprint density at radius 3 is 0.231 bits per heavy atom. The van der Waals surface area contributed by atoms with Crippen LogP contribution in [0.5, 0.6) is 0 Å². The Balaban J connectivity index is -0.000000101. The van der Waals surface area contributed by atoms with E-state index >= 15 is 0 Å². The second-order valence-electron chi connectivity index (χ2n) is 43.0. The fourth-order valence-corrected chi connectivity index (χ4v) is 21.8. The van der Waals surface area contributed by atoms with Gasteiger partial charge in [-0.1, -0.05) is 0 Å². The predicted molar refractivity (Wildman–Crippen MR) is 426 cm³/mol. The molecule has 0 spiro atoms. The van der Waals surface area contributed by atoms with Gasteiger partial charge in [0.05, 0.1) is 101 Å². The quantitative estimate of drug-likeness (QED) is 0.0938. The van der Waals surface area contributed by atoms with Crippen LogP contribution in [0.25, 0.3) is 0 Å². The summed E-state index contributed by atoms with van der Waals surface area (Å²) in [6, 6.07) is 0. The van der Waals surface area contributed by atoms with Crippen LogP contribution in [0.15, 0.2) is 0 Å². The maximum atomic E-state index is 12.6. The summed E-state index contributed by atoms with van der Waals surface area (Å²) in [7, 11) is -22.4. The van der Waals surface area contributed by atoms with Crippen molar-refractivity contribution < 1.29 is 284 Å². The minimum Gasteiger partial charge on any atom is -0.793 e. The van der Waals surface area contributed by atoms with Gasteiger partial charge >= 0.3 is 157 Å². The van der Waals surface area contributed by atoms with Gasteiger partial charge < -0.3 is 119 Å². The van der Waals surface area contributed by atoms with Crippen LogP contribution in [0.2, 0.25) is 0 Å². The van der Waals surface area contributed by atoms with E-state index in [4.69, 9.17) is 79.7 Å². The van der Waals surface area contributed by atoms with E-state index in [2.05, 4.69) is 0 Å². The zero-order valence-electron chi connectivity index (χ0n) is 80.0. The first-order valence-corrected chi connectivity index (χ1v) is 45.6. The van der Waals surface area contributed by atoms with Crippen LogP contribution in [0.1, 0.15) is 374 Å². The molecule has 0 bridgehead atoms. The van der Waals surface area contributed by atoms with Crippen molar-refractivity contribution in [2.45, 2.75) is 475 Å². The first-order valence-electron chi connectivity index (χ1n) is 35.7. The minimum atomic E-state index is -3.91. The molecule has 0 saturated carbocycles. The Bertz CT molecular complexity index is 1670.